The van der Waals surface area contributed by atoms with Crippen molar-refractivity contribution < 1.29 is 9.90 Å². The van der Waals surface area contributed by atoms with Gasteiger partial charge in [-0.15, -0.1) is 0 Å². The first-order chi connectivity index (χ1) is 9.24. The van der Waals surface area contributed by atoms with Crippen LogP contribution in [-0.2, 0) is 6.54 Å². The van der Waals surface area contributed by atoms with Gasteiger partial charge in [-0.3, -0.25) is 4.90 Å². The predicted octanol–water partition coefficient (Wildman–Crippen LogP) is 0.438. The molecular weight excluding hydrogens is 244 g/mol. The maximum absolute atomic E-state index is 11.0. The summed E-state index contributed by atoms with van der Waals surface area (Å²) in [6.07, 6.45) is 3.46. The van der Waals surface area contributed by atoms with Gasteiger partial charge in [-0.05, 0) is 12.1 Å². The Bertz CT molecular complexity index is 602. The molecule has 3 heterocycles. The van der Waals surface area contributed by atoms with Crippen LogP contribution in [0.5, 0.6) is 0 Å². The van der Waals surface area contributed by atoms with Crippen molar-refractivity contribution in [3.8, 4) is 0 Å². The first-order valence-corrected chi connectivity index (χ1v) is 6.36. The second kappa shape index (κ2) is 4.99. The zero-order valence-electron chi connectivity index (χ0n) is 10.5. The summed E-state index contributed by atoms with van der Waals surface area (Å²) in [5.41, 5.74) is 2.10. The van der Waals surface area contributed by atoms with Gasteiger partial charge < -0.3 is 14.8 Å². The van der Waals surface area contributed by atoms with E-state index in [0.717, 1.165) is 44.1 Å². The van der Waals surface area contributed by atoms with Crippen molar-refractivity contribution in [1.29, 1.82) is 0 Å². The number of carboxylic acids is 1. The van der Waals surface area contributed by atoms with Crippen molar-refractivity contribution in [3.63, 3.8) is 0 Å². The van der Waals surface area contributed by atoms with Crippen LogP contribution >= 0.6 is 0 Å². The highest BCUT2D eigenvalue weighted by Crippen LogP contribution is 2.12. The van der Waals surface area contributed by atoms with E-state index in [-0.39, 0.29) is 5.56 Å². The lowest BCUT2D eigenvalue weighted by atomic mass is 10.3. The molecule has 6 heteroatoms. The lowest BCUT2D eigenvalue weighted by molar-refractivity contribution is 0.0696. The number of nitrogens with one attached hydrogen (secondary N) is 1. The number of piperazine rings is 1. The van der Waals surface area contributed by atoms with Crippen LogP contribution in [0.4, 0.5) is 0 Å². The number of fused-ring (bicyclic) bond motifs is 1. The van der Waals surface area contributed by atoms with E-state index >= 15 is 0 Å². The average Bonchev–Trinajstić information content (AvgIpc) is 2.82. The van der Waals surface area contributed by atoms with Gasteiger partial charge in [0.1, 0.15) is 5.65 Å². The Hall–Kier alpha value is -1.92. The van der Waals surface area contributed by atoms with E-state index in [0.29, 0.717) is 0 Å². The van der Waals surface area contributed by atoms with E-state index in [1.807, 2.05) is 10.6 Å². The van der Waals surface area contributed by atoms with Crippen molar-refractivity contribution in [3.05, 3.63) is 35.8 Å². The number of aromatic nitrogens is 2. The van der Waals surface area contributed by atoms with Crippen LogP contribution in [0.3, 0.4) is 0 Å². The number of carboxylic acid groups (broad SMARTS) is 1. The summed E-state index contributed by atoms with van der Waals surface area (Å²) in [7, 11) is 0. The molecule has 1 aliphatic heterocycles. The second-order valence-electron chi connectivity index (χ2n) is 4.73. The fraction of sp³-hybridized carbons (Fsp3) is 0.385. The fourth-order valence-electron chi connectivity index (χ4n) is 2.37. The molecule has 1 saturated heterocycles. The molecule has 6 nitrogen and oxygen atoms in total. The molecule has 2 aromatic heterocycles. The van der Waals surface area contributed by atoms with E-state index in [1.54, 1.807) is 18.3 Å². The molecule has 0 bridgehead atoms. The van der Waals surface area contributed by atoms with E-state index in [1.165, 1.54) is 0 Å². The SMILES string of the molecule is O=C(O)c1ccc2ncc(CN3CCNCC3)n2c1. The van der Waals surface area contributed by atoms with Crippen molar-refractivity contribution >= 4 is 11.6 Å². The first kappa shape index (κ1) is 12.1. The summed E-state index contributed by atoms with van der Waals surface area (Å²) in [5.74, 6) is -0.913. The quantitative estimate of drug-likeness (QED) is 0.838. The molecule has 0 aromatic carbocycles. The van der Waals surface area contributed by atoms with Gasteiger partial charge in [0.25, 0.3) is 0 Å². The van der Waals surface area contributed by atoms with Crippen LogP contribution in [0.1, 0.15) is 16.1 Å². The number of pyridine rings is 1. The van der Waals surface area contributed by atoms with Gasteiger partial charge in [-0.25, -0.2) is 9.78 Å². The molecule has 0 aliphatic carbocycles. The van der Waals surface area contributed by atoms with Gasteiger partial charge in [0.05, 0.1) is 17.5 Å². The van der Waals surface area contributed by atoms with Crippen LogP contribution in [-0.4, -0.2) is 51.5 Å². The molecule has 0 spiro atoms. The summed E-state index contributed by atoms with van der Waals surface area (Å²) < 4.78 is 1.87. The van der Waals surface area contributed by atoms with Crippen molar-refractivity contribution in [2.75, 3.05) is 26.2 Å². The maximum atomic E-state index is 11.0. The minimum atomic E-state index is -0.913. The van der Waals surface area contributed by atoms with E-state index in [9.17, 15) is 4.79 Å². The number of hydrogen-bond donors (Lipinski definition) is 2. The molecule has 0 saturated carbocycles. The molecule has 2 aromatic rings. The van der Waals surface area contributed by atoms with Gasteiger partial charge in [0.2, 0.25) is 0 Å². The van der Waals surface area contributed by atoms with Crippen molar-refractivity contribution in [1.82, 2.24) is 19.6 Å². The highest BCUT2D eigenvalue weighted by Gasteiger charge is 2.13. The van der Waals surface area contributed by atoms with Gasteiger partial charge in [0, 0.05) is 38.9 Å². The normalized spacial score (nSPS) is 16.8. The van der Waals surface area contributed by atoms with Gasteiger partial charge in [-0.2, -0.15) is 0 Å². The molecule has 1 fully saturated rings. The van der Waals surface area contributed by atoms with Gasteiger partial charge in [-0.1, -0.05) is 0 Å². The summed E-state index contributed by atoms with van der Waals surface area (Å²) >= 11 is 0. The van der Waals surface area contributed by atoms with Gasteiger partial charge >= 0.3 is 5.97 Å². The second-order valence-corrected chi connectivity index (χ2v) is 4.73. The minimum Gasteiger partial charge on any atom is -0.478 e. The zero-order chi connectivity index (χ0) is 13.2. The minimum absolute atomic E-state index is 0.284. The third kappa shape index (κ3) is 2.45. The Labute approximate surface area is 110 Å². The number of aromatic carboxylic acids is 1. The van der Waals surface area contributed by atoms with E-state index in [4.69, 9.17) is 5.11 Å². The number of rotatable bonds is 3. The highest BCUT2D eigenvalue weighted by molar-refractivity contribution is 5.87. The highest BCUT2D eigenvalue weighted by atomic mass is 16.4. The van der Waals surface area contributed by atoms with E-state index in [2.05, 4.69) is 15.2 Å². The number of hydrogen-bond acceptors (Lipinski definition) is 4. The summed E-state index contributed by atoms with van der Waals surface area (Å²) in [5, 5.41) is 12.4. The monoisotopic (exact) mass is 260 g/mol. The Morgan fingerprint density at radius 3 is 2.89 bits per heavy atom. The molecule has 2 N–H and O–H groups in total. The molecular formula is C13H16N4O2. The number of carbonyl (C=O) groups is 1. The molecule has 0 amide bonds. The molecule has 0 unspecified atom stereocenters. The number of nitrogens with zero attached hydrogens (tertiary/aromatic N) is 3. The van der Waals surface area contributed by atoms with E-state index < -0.39 is 5.97 Å². The first-order valence-electron chi connectivity index (χ1n) is 6.36. The topological polar surface area (TPSA) is 69.9 Å². The van der Waals surface area contributed by atoms with Crippen LogP contribution in [0, 0.1) is 0 Å². The Kier molecular flexibility index (Phi) is 3.18. The summed E-state index contributed by atoms with van der Waals surface area (Å²) in [6.45, 7) is 4.80. The largest absolute Gasteiger partial charge is 0.478 e. The molecule has 0 atom stereocenters. The fourth-order valence-corrected chi connectivity index (χ4v) is 2.37. The Balaban J connectivity index is 1.89. The Morgan fingerprint density at radius 1 is 1.37 bits per heavy atom. The average molecular weight is 260 g/mol. The summed E-state index contributed by atoms with van der Waals surface area (Å²) in [6, 6.07) is 3.32. The summed E-state index contributed by atoms with van der Waals surface area (Å²) in [4.78, 5) is 17.7. The predicted molar refractivity (Wildman–Crippen MR) is 70.3 cm³/mol. The Morgan fingerprint density at radius 2 is 2.16 bits per heavy atom. The van der Waals surface area contributed by atoms with Crippen molar-refractivity contribution in [2.24, 2.45) is 0 Å². The number of imidazole rings is 1. The standard InChI is InChI=1S/C13H16N4O2/c18-13(19)10-1-2-12-15-7-11(17(12)8-10)9-16-5-3-14-4-6-16/h1-2,7-8,14H,3-6,9H2,(H,18,19). The van der Waals surface area contributed by atoms with Crippen LogP contribution in [0.25, 0.3) is 5.65 Å². The van der Waals surface area contributed by atoms with Crippen LogP contribution in [0.2, 0.25) is 0 Å². The zero-order valence-corrected chi connectivity index (χ0v) is 10.5. The third-order valence-electron chi connectivity index (χ3n) is 3.42. The smallest absolute Gasteiger partial charge is 0.337 e. The third-order valence-corrected chi connectivity index (χ3v) is 3.42. The molecule has 100 valence electrons. The molecule has 1 aliphatic rings. The molecule has 19 heavy (non-hydrogen) atoms. The van der Waals surface area contributed by atoms with Crippen molar-refractivity contribution in [2.45, 2.75) is 6.54 Å². The van der Waals surface area contributed by atoms with Crippen LogP contribution in [0.15, 0.2) is 24.5 Å². The lowest BCUT2D eigenvalue weighted by Gasteiger charge is -2.26. The lowest BCUT2D eigenvalue weighted by Crippen LogP contribution is -2.43. The molecule has 0 radical (unpaired) electrons. The maximum Gasteiger partial charge on any atom is 0.337 e. The van der Waals surface area contributed by atoms with Gasteiger partial charge in [0.15, 0.2) is 0 Å². The molecule has 3 rings (SSSR count). The van der Waals surface area contributed by atoms with Crippen LogP contribution < -0.4 is 5.32 Å².